The van der Waals surface area contributed by atoms with Crippen LogP contribution in [0.25, 0.3) is 11.0 Å². The maximum absolute atomic E-state index is 12.4. The van der Waals surface area contributed by atoms with Gasteiger partial charge >= 0.3 is 5.97 Å². The quantitative estimate of drug-likeness (QED) is 0.853. The molecule has 25 heavy (non-hydrogen) atoms. The predicted molar refractivity (Wildman–Crippen MR) is 95.4 cm³/mol. The second-order valence-corrected chi connectivity index (χ2v) is 6.98. The largest absolute Gasteiger partial charge is 0.449 e. The lowest BCUT2D eigenvalue weighted by molar-refractivity contribution is -0.130. The minimum Gasteiger partial charge on any atom is -0.449 e. The maximum atomic E-state index is 12.4. The molecule has 1 aromatic heterocycles. The Bertz CT molecular complexity index is 779. The zero-order valence-electron chi connectivity index (χ0n) is 15.0. The number of rotatable bonds is 4. The van der Waals surface area contributed by atoms with Crippen LogP contribution in [-0.2, 0) is 9.53 Å². The van der Waals surface area contributed by atoms with Crippen molar-refractivity contribution in [2.75, 3.05) is 0 Å². The van der Waals surface area contributed by atoms with Gasteiger partial charge in [0.1, 0.15) is 5.58 Å². The summed E-state index contributed by atoms with van der Waals surface area (Å²) in [6.45, 7) is 5.56. The summed E-state index contributed by atoms with van der Waals surface area (Å²) in [7, 11) is 0. The Kier molecular flexibility index (Phi) is 5.11. The van der Waals surface area contributed by atoms with Gasteiger partial charge in [-0.25, -0.2) is 4.79 Å². The number of carbonyl (C=O) groups excluding carboxylic acids is 2. The Hall–Kier alpha value is -2.30. The number of esters is 1. The third-order valence-corrected chi connectivity index (χ3v) is 5.12. The van der Waals surface area contributed by atoms with Crippen molar-refractivity contribution in [2.24, 2.45) is 5.92 Å². The lowest BCUT2D eigenvalue weighted by Crippen LogP contribution is -2.46. The van der Waals surface area contributed by atoms with E-state index in [0.717, 1.165) is 30.2 Å². The maximum Gasteiger partial charge on any atom is 0.375 e. The molecule has 0 bridgehead atoms. The molecule has 1 amide bonds. The van der Waals surface area contributed by atoms with Gasteiger partial charge in [0.25, 0.3) is 5.91 Å². The van der Waals surface area contributed by atoms with E-state index in [9.17, 15) is 9.59 Å². The van der Waals surface area contributed by atoms with Gasteiger partial charge < -0.3 is 14.5 Å². The zero-order chi connectivity index (χ0) is 18.0. The molecule has 5 heteroatoms. The summed E-state index contributed by atoms with van der Waals surface area (Å²) in [6, 6.07) is 7.60. The van der Waals surface area contributed by atoms with Crippen LogP contribution in [0.15, 0.2) is 28.7 Å². The smallest absolute Gasteiger partial charge is 0.375 e. The Labute approximate surface area is 147 Å². The Balaban J connectivity index is 1.65. The van der Waals surface area contributed by atoms with Crippen LogP contribution < -0.4 is 5.32 Å². The van der Waals surface area contributed by atoms with Crippen LogP contribution in [0.1, 0.15) is 55.6 Å². The number of fused-ring (bicyclic) bond motifs is 1. The second-order valence-electron chi connectivity index (χ2n) is 6.98. The van der Waals surface area contributed by atoms with Crippen LogP contribution in [-0.4, -0.2) is 24.0 Å². The van der Waals surface area contributed by atoms with Crippen molar-refractivity contribution >= 4 is 22.8 Å². The Morgan fingerprint density at radius 3 is 2.68 bits per heavy atom. The van der Waals surface area contributed by atoms with Crippen molar-refractivity contribution in [1.29, 1.82) is 0 Å². The average molecular weight is 343 g/mol. The van der Waals surface area contributed by atoms with Crippen molar-refractivity contribution in [3.8, 4) is 0 Å². The van der Waals surface area contributed by atoms with Crippen molar-refractivity contribution in [3.63, 3.8) is 0 Å². The number of nitrogens with one attached hydrogen (secondary N) is 1. The molecule has 0 saturated heterocycles. The number of para-hydroxylation sites is 1. The van der Waals surface area contributed by atoms with Gasteiger partial charge in [-0.15, -0.1) is 0 Å². The molecule has 5 nitrogen and oxygen atoms in total. The summed E-state index contributed by atoms with van der Waals surface area (Å²) < 4.78 is 10.9. The van der Waals surface area contributed by atoms with Crippen LogP contribution >= 0.6 is 0 Å². The van der Waals surface area contributed by atoms with E-state index in [-0.39, 0.29) is 17.7 Å². The monoisotopic (exact) mass is 343 g/mol. The highest BCUT2D eigenvalue weighted by molar-refractivity contribution is 5.97. The first kappa shape index (κ1) is 17.5. The van der Waals surface area contributed by atoms with E-state index in [1.54, 1.807) is 13.0 Å². The summed E-state index contributed by atoms with van der Waals surface area (Å²) in [4.78, 5) is 24.8. The molecule has 1 aliphatic carbocycles. The molecule has 0 radical (unpaired) electrons. The first-order chi connectivity index (χ1) is 12.0. The molecule has 0 unspecified atom stereocenters. The zero-order valence-corrected chi connectivity index (χ0v) is 15.0. The fourth-order valence-corrected chi connectivity index (χ4v) is 3.47. The number of hydrogen-bond donors (Lipinski definition) is 1. The molecular weight excluding hydrogens is 318 g/mol. The fourth-order valence-electron chi connectivity index (χ4n) is 3.47. The summed E-state index contributed by atoms with van der Waals surface area (Å²) >= 11 is 0. The topological polar surface area (TPSA) is 68.5 Å². The molecule has 1 aromatic carbocycles. The lowest BCUT2D eigenvalue weighted by Gasteiger charge is -2.30. The highest BCUT2D eigenvalue weighted by atomic mass is 16.6. The minimum atomic E-state index is -0.853. The van der Waals surface area contributed by atoms with Gasteiger partial charge in [0.05, 0.1) is 0 Å². The molecular formula is C20H25NO4. The van der Waals surface area contributed by atoms with Gasteiger partial charge in [0.15, 0.2) is 6.10 Å². The number of benzene rings is 1. The average Bonchev–Trinajstić information content (AvgIpc) is 2.94. The van der Waals surface area contributed by atoms with Crippen LogP contribution in [0.4, 0.5) is 0 Å². The van der Waals surface area contributed by atoms with Gasteiger partial charge in [-0.3, -0.25) is 4.79 Å². The van der Waals surface area contributed by atoms with Crippen LogP contribution in [0.3, 0.4) is 0 Å². The van der Waals surface area contributed by atoms with Crippen LogP contribution in [0.5, 0.6) is 0 Å². The lowest BCUT2D eigenvalue weighted by atomic mass is 9.86. The summed E-state index contributed by atoms with van der Waals surface area (Å²) in [6.07, 6.45) is 3.59. The number of ether oxygens (including phenoxy) is 1. The molecule has 0 spiro atoms. The van der Waals surface area contributed by atoms with E-state index in [1.807, 2.05) is 25.1 Å². The first-order valence-electron chi connectivity index (χ1n) is 8.97. The van der Waals surface area contributed by atoms with Crippen LogP contribution in [0.2, 0.25) is 0 Å². The van der Waals surface area contributed by atoms with Gasteiger partial charge in [-0.05, 0) is 38.7 Å². The van der Waals surface area contributed by atoms with Crippen molar-refractivity contribution in [3.05, 3.63) is 35.6 Å². The molecule has 1 N–H and O–H groups in total. The molecule has 3 atom stereocenters. The van der Waals surface area contributed by atoms with Gasteiger partial charge in [-0.1, -0.05) is 38.0 Å². The van der Waals surface area contributed by atoms with Gasteiger partial charge in [-0.2, -0.15) is 0 Å². The van der Waals surface area contributed by atoms with Crippen molar-refractivity contribution in [1.82, 2.24) is 5.32 Å². The molecule has 0 aliphatic heterocycles. The molecule has 2 aromatic rings. The Morgan fingerprint density at radius 2 is 1.96 bits per heavy atom. The van der Waals surface area contributed by atoms with E-state index in [1.165, 1.54) is 6.42 Å². The number of carbonyl (C=O) groups is 2. The molecule has 1 aliphatic rings. The van der Waals surface area contributed by atoms with Crippen LogP contribution in [0, 0.1) is 12.8 Å². The molecule has 134 valence electrons. The fraction of sp³-hybridized carbons (Fsp3) is 0.500. The normalized spacial score (nSPS) is 21.7. The number of amides is 1. The SMILES string of the molecule is Cc1c(C(=O)O[C@H](C)C(=O)N[C@@H]2CCCC[C@@H]2C)oc2ccccc12. The predicted octanol–water partition coefficient (Wildman–Crippen LogP) is 3.98. The van der Waals surface area contributed by atoms with E-state index < -0.39 is 12.1 Å². The summed E-state index contributed by atoms with van der Waals surface area (Å²) in [5, 5.41) is 3.90. The van der Waals surface area contributed by atoms with E-state index in [2.05, 4.69) is 12.2 Å². The van der Waals surface area contributed by atoms with Crippen molar-refractivity contribution < 1.29 is 18.7 Å². The standard InChI is InChI=1S/C20H25NO4/c1-12-8-4-6-10-16(12)21-19(22)14(3)24-20(23)18-13(2)15-9-5-7-11-17(15)25-18/h5,7,9,11-12,14,16H,4,6,8,10H2,1-3H3,(H,21,22)/t12-,14+,16+/m0/s1. The van der Waals surface area contributed by atoms with Gasteiger partial charge in [0, 0.05) is 17.0 Å². The van der Waals surface area contributed by atoms with Crippen molar-refractivity contribution in [2.45, 2.75) is 58.6 Å². The molecule has 1 heterocycles. The van der Waals surface area contributed by atoms with E-state index in [0.29, 0.717) is 11.5 Å². The summed E-state index contributed by atoms with van der Waals surface area (Å²) in [5.74, 6) is -0.237. The molecule has 1 fully saturated rings. The first-order valence-corrected chi connectivity index (χ1v) is 8.97. The number of hydrogen-bond acceptors (Lipinski definition) is 4. The van der Waals surface area contributed by atoms with E-state index in [4.69, 9.17) is 9.15 Å². The third kappa shape index (κ3) is 3.70. The Morgan fingerprint density at radius 1 is 1.24 bits per heavy atom. The molecule has 1 saturated carbocycles. The second kappa shape index (κ2) is 7.30. The van der Waals surface area contributed by atoms with Gasteiger partial charge in [0.2, 0.25) is 5.76 Å². The third-order valence-electron chi connectivity index (χ3n) is 5.12. The summed E-state index contributed by atoms with van der Waals surface area (Å²) in [5.41, 5.74) is 1.37. The number of aryl methyl sites for hydroxylation is 1. The molecule has 3 rings (SSSR count). The van der Waals surface area contributed by atoms with E-state index >= 15 is 0 Å². The minimum absolute atomic E-state index is 0.159. The number of furan rings is 1. The highest BCUT2D eigenvalue weighted by Crippen LogP contribution is 2.26. The highest BCUT2D eigenvalue weighted by Gasteiger charge is 2.28.